The van der Waals surface area contributed by atoms with Crippen LogP contribution in [0.5, 0.6) is 0 Å². The molecule has 5 heteroatoms. The maximum absolute atomic E-state index is 12.8. The highest BCUT2D eigenvalue weighted by Gasteiger charge is 2.27. The molecule has 2 aromatic carbocycles. The highest BCUT2D eigenvalue weighted by atomic mass is 32.1. The van der Waals surface area contributed by atoms with Crippen molar-refractivity contribution in [3.63, 3.8) is 0 Å². The van der Waals surface area contributed by atoms with Gasteiger partial charge in [0.1, 0.15) is 0 Å². The topological polar surface area (TPSA) is 45.2 Å². The zero-order valence-electron chi connectivity index (χ0n) is 15.9. The Bertz CT molecular complexity index is 948. The lowest BCUT2D eigenvalue weighted by molar-refractivity contribution is -0.120. The Labute approximate surface area is 164 Å². The fraction of sp³-hybridized carbons (Fsp3) is 0.364. The van der Waals surface area contributed by atoms with Crippen molar-refractivity contribution in [2.75, 3.05) is 23.3 Å². The number of carbonyl (C=O) groups is 1. The number of aromatic nitrogens is 1. The number of thiazole rings is 1. The van der Waals surface area contributed by atoms with Crippen LogP contribution in [0.4, 0.5) is 10.8 Å². The summed E-state index contributed by atoms with van der Waals surface area (Å²) in [6, 6.07) is 14.5. The molecule has 2 heterocycles. The van der Waals surface area contributed by atoms with Crippen LogP contribution in [0.3, 0.4) is 0 Å². The lowest BCUT2D eigenvalue weighted by atomic mass is 9.97. The van der Waals surface area contributed by atoms with Crippen molar-refractivity contribution >= 4 is 38.3 Å². The first kappa shape index (κ1) is 18.0. The number of hydrogen-bond donors (Lipinski definition) is 1. The van der Waals surface area contributed by atoms with Crippen molar-refractivity contribution in [3.05, 3.63) is 53.6 Å². The second-order valence-electron chi connectivity index (χ2n) is 7.29. The molecular weight excluding hydrogens is 354 g/mol. The van der Waals surface area contributed by atoms with Crippen molar-refractivity contribution in [3.8, 4) is 0 Å². The summed E-state index contributed by atoms with van der Waals surface area (Å²) in [4.78, 5) is 19.8. The van der Waals surface area contributed by atoms with Crippen LogP contribution in [0.1, 0.15) is 30.9 Å². The number of anilines is 2. The molecule has 3 aromatic rings. The predicted molar refractivity (Wildman–Crippen MR) is 114 cm³/mol. The summed E-state index contributed by atoms with van der Waals surface area (Å²) >= 11 is 1.72. The van der Waals surface area contributed by atoms with E-state index >= 15 is 0 Å². The summed E-state index contributed by atoms with van der Waals surface area (Å²) < 4.78 is 1.22. The molecule has 1 saturated heterocycles. The summed E-state index contributed by atoms with van der Waals surface area (Å²) in [7, 11) is 0. The first-order valence-electron chi connectivity index (χ1n) is 9.64. The molecule has 4 rings (SSSR count). The quantitative estimate of drug-likeness (QED) is 0.692. The monoisotopic (exact) mass is 379 g/mol. The van der Waals surface area contributed by atoms with Gasteiger partial charge in [-0.2, -0.15) is 0 Å². The number of aryl methyl sites for hydroxylation is 2. The van der Waals surface area contributed by atoms with Crippen molar-refractivity contribution in [1.29, 1.82) is 0 Å². The smallest absolute Gasteiger partial charge is 0.229 e. The van der Waals surface area contributed by atoms with Gasteiger partial charge in [0.05, 0.1) is 16.1 Å². The normalized spacial score (nSPS) is 17.3. The number of piperidine rings is 1. The van der Waals surface area contributed by atoms with Crippen molar-refractivity contribution < 1.29 is 4.79 Å². The van der Waals surface area contributed by atoms with E-state index in [1.54, 1.807) is 11.3 Å². The molecule has 4 nitrogen and oxygen atoms in total. The van der Waals surface area contributed by atoms with Crippen molar-refractivity contribution in [1.82, 2.24) is 4.98 Å². The SMILES string of the molecule is CCc1ccc(NC(=O)C2CCCN(c3nc4ccc(C)cc4s3)C2)cc1. The van der Waals surface area contributed by atoms with Gasteiger partial charge in [0.15, 0.2) is 5.13 Å². The van der Waals surface area contributed by atoms with Gasteiger partial charge in [-0.15, -0.1) is 0 Å². The first-order valence-corrected chi connectivity index (χ1v) is 10.5. The number of amides is 1. The molecule has 1 aliphatic rings. The Kier molecular flexibility index (Phi) is 5.12. The average molecular weight is 380 g/mol. The number of carbonyl (C=O) groups excluding carboxylic acids is 1. The van der Waals surface area contributed by atoms with Crippen LogP contribution < -0.4 is 10.2 Å². The minimum atomic E-state index is -0.00153. The van der Waals surface area contributed by atoms with E-state index in [-0.39, 0.29) is 11.8 Å². The number of fused-ring (bicyclic) bond motifs is 1. The first-order chi connectivity index (χ1) is 13.1. The summed E-state index contributed by atoms with van der Waals surface area (Å²) in [5, 5.41) is 4.11. The molecule has 1 aliphatic heterocycles. The third-order valence-corrected chi connectivity index (χ3v) is 6.30. The Morgan fingerprint density at radius 2 is 2.07 bits per heavy atom. The van der Waals surface area contributed by atoms with Gasteiger partial charge in [-0.1, -0.05) is 36.5 Å². The molecular formula is C22H25N3OS. The predicted octanol–water partition coefficient (Wildman–Crippen LogP) is 5.02. The molecule has 0 radical (unpaired) electrons. The standard InChI is InChI=1S/C22H25N3OS/c1-3-16-7-9-18(10-8-16)23-21(26)17-5-4-12-25(14-17)22-24-19-11-6-15(2)13-20(19)27-22/h6-11,13,17H,3-5,12,14H2,1-2H3,(H,23,26). The Balaban J connectivity index is 1.45. The molecule has 140 valence electrons. The van der Waals surface area contributed by atoms with Gasteiger partial charge in [-0.3, -0.25) is 4.79 Å². The van der Waals surface area contributed by atoms with E-state index in [1.807, 2.05) is 12.1 Å². The molecule has 1 aromatic heterocycles. The van der Waals surface area contributed by atoms with E-state index in [2.05, 4.69) is 54.4 Å². The Hall–Kier alpha value is -2.40. The number of nitrogens with zero attached hydrogens (tertiary/aromatic N) is 2. The fourth-order valence-electron chi connectivity index (χ4n) is 3.59. The van der Waals surface area contributed by atoms with Crippen LogP contribution in [0, 0.1) is 12.8 Å². The largest absolute Gasteiger partial charge is 0.347 e. The molecule has 1 fully saturated rings. The van der Waals surface area contributed by atoms with Gasteiger partial charge in [-0.25, -0.2) is 4.98 Å². The summed E-state index contributed by atoms with van der Waals surface area (Å²) in [6.07, 6.45) is 2.95. The molecule has 27 heavy (non-hydrogen) atoms. The molecule has 0 spiro atoms. The zero-order valence-corrected chi connectivity index (χ0v) is 16.7. The van der Waals surface area contributed by atoms with E-state index in [0.29, 0.717) is 0 Å². The summed E-state index contributed by atoms with van der Waals surface area (Å²) in [6.45, 7) is 5.94. The molecule has 0 saturated carbocycles. The maximum atomic E-state index is 12.8. The highest BCUT2D eigenvalue weighted by molar-refractivity contribution is 7.22. The lowest BCUT2D eigenvalue weighted by Gasteiger charge is -2.31. The van der Waals surface area contributed by atoms with Gasteiger partial charge < -0.3 is 10.2 Å². The molecule has 0 aliphatic carbocycles. The summed E-state index contributed by atoms with van der Waals surface area (Å²) in [5.74, 6) is 0.110. The van der Waals surface area contributed by atoms with Crippen LogP contribution in [0.2, 0.25) is 0 Å². The number of benzene rings is 2. The fourth-order valence-corrected chi connectivity index (χ4v) is 4.69. The van der Waals surface area contributed by atoms with Crippen LogP contribution >= 0.6 is 11.3 Å². The van der Waals surface area contributed by atoms with Gasteiger partial charge in [0.2, 0.25) is 5.91 Å². The van der Waals surface area contributed by atoms with E-state index in [9.17, 15) is 4.79 Å². The van der Waals surface area contributed by atoms with Gasteiger partial charge in [-0.05, 0) is 61.6 Å². The van der Waals surface area contributed by atoms with Crippen LogP contribution in [0.25, 0.3) is 10.2 Å². The molecule has 0 bridgehead atoms. The average Bonchev–Trinajstić information content (AvgIpc) is 3.12. The molecule has 1 N–H and O–H groups in total. The van der Waals surface area contributed by atoms with E-state index < -0.39 is 0 Å². The Morgan fingerprint density at radius 3 is 2.85 bits per heavy atom. The molecule has 1 atom stereocenters. The zero-order chi connectivity index (χ0) is 18.8. The van der Waals surface area contributed by atoms with Crippen LogP contribution in [-0.2, 0) is 11.2 Å². The minimum Gasteiger partial charge on any atom is -0.347 e. The van der Waals surface area contributed by atoms with Gasteiger partial charge in [0, 0.05) is 18.8 Å². The number of nitrogens with one attached hydrogen (secondary N) is 1. The highest BCUT2D eigenvalue weighted by Crippen LogP contribution is 2.32. The second-order valence-corrected chi connectivity index (χ2v) is 8.30. The van der Waals surface area contributed by atoms with Crippen molar-refractivity contribution in [2.45, 2.75) is 33.1 Å². The minimum absolute atomic E-state index is 0.00153. The van der Waals surface area contributed by atoms with Crippen molar-refractivity contribution in [2.24, 2.45) is 5.92 Å². The second kappa shape index (κ2) is 7.69. The van der Waals surface area contributed by atoms with Gasteiger partial charge >= 0.3 is 0 Å². The van der Waals surface area contributed by atoms with E-state index in [1.165, 1.54) is 15.8 Å². The van der Waals surface area contributed by atoms with Gasteiger partial charge in [0.25, 0.3) is 0 Å². The number of rotatable bonds is 4. The molecule has 1 amide bonds. The molecule has 1 unspecified atom stereocenters. The number of hydrogen-bond acceptors (Lipinski definition) is 4. The van der Waals surface area contributed by atoms with Crippen LogP contribution in [0.15, 0.2) is 42.5 Å². The maximum Gasteiger partial charge on any atom is 0.229 e. The van der Waals surface area contributed by atoms with E-state index in [4.69, 9.17) is 4.98 Å². The third-order valence-electron chi connectivity index (χ3n) is 5.23. The lowest BCUT2D eigenvalue weighted by Crippen LogP contribution is -2.40. The Morgan fingerprint density at radius 1 is 1.26 bits per heavy atom. The summed E-state index contributed by atoms with van der Waals surface area (Å²) in [5.41, 5.74) is 4.46. The third kappa shape index (κ3) is 3.98. The van der Waals surface area contributed by atoms with Crippen LogP contribution in [-0.4, -0.2) is 24.0 Å². The van der Waals surface area contributed by atoms with E-state index in [0.717, 1.165) is 48.7 Å².